The number of carbonyl (C=O) groups is 1. The maximum Gasteiger partial charge on any atom is 0.256 e. The predicted molar refractivity (Wildman–Crippen MR) is 84.6 cm³/mol. The molecule has 0 fully saturated rings. The molecule has 0 bridgehead atoms. The SMILES string of the molecule is COc1cc(C(=O)Nc2c(C)nn(C)c2C)cc2c1OCCO2. The number of anilines is 1. The van der Waals surface area contributed by atoms with Gasteiger partial charge in [-0.15, -0.1) is 0 Å². The van der Waals surface area contributed by atoms with Crippen LogP contribution in [0.1, 0.15) is 21.7 Å². The van der Waals surface area contributed by atoms with E-state index in [4.69, 9.17) is 14.2 Å². The van der Waals surface area contributed by atoms with Crippen LogP contribution in [-0.2, 0) is 7.05 Å². The van der Waals surface area contributed by atoms with Gasteiger partial charge in [-0.05, 0) is 26.0 Å². The maximum atomic E-state index is 12.6. The number of fused-ring (bicyclic) bond motifs is 1. The van der Waals surface area contributed by atoms with Crippen molar-refractivity contribution in [3.63, 3.8) is 0 Å². The van der Waals surface area contributed by atoms with Crippen LogP contribution in [-0.4, -0.2) is 36.0 Å². The fourth-order valence-electron chi connectivity index (χ4n) is 2.54. The largest absolute Gasteiger partial charge is 0.493 e. The molecule has 0 radical (unpaired) electrons. The molecule has 2 aromatic rings. The van der Waals surface area contributed by atoms with E-state index in [-0.39, 0.29) is 5.91 Å². The van der Waals surface area contributed by atoms with E-state index in [9.17, 15) is 4.79 Å². The lowest BCUT2D eigenvalue weighted by Gasteiger charge is -2.21. The molecule has 3 rings (SSSR count). The number of hydrogen-bond donors (Lipinski definition) is 1. The van der Waals surface area contributed by atoms with Gasteiger partial charge in [0.2, 0.25) is 5.75 Å². The average Bonchev–Trinajstić information content (AvgIpc) is 2.80. The van der Waals surface area contributed by atoms with Gasteiger partial charge in [-0.25, -0.2) is 0 Å². The number of nitrogens with zero attached hydrogens (tertiary/aromatic N) is 2. The monoisotopic (exact) mass is 317 g/mol. The Morgan fingerprint density at radius 1 is 1.30 bits per heavy atom. The Kier molecular flexibility index (Phi) is 3.85. The van der Waals surface area contributed by atoms with E-state index >= 15 is 0 Å². The Bertz CT molecular complexity index is 750. The number of nitrogens with one attached hydrogen (secondary N) is 1. The smallest absolute Gasteiger partial charge is 0.256 e. The van der Waals surface area contributed by atoms with Crippen molar-refractivity contribution in [3.05, 3.63) is 29.1 Å². The molecule has 2 heterocycles. The van der Waals surface area contributed by atoms with Crippen molar-refractivity contribution in [1.82, 2.24) is 9.78 Å². The second-order valence-corrected chi connectivity index (χ2v) is 5.33. The van der Waals surface area contributed by atoms with Crippen molar-refractivity contribution >= 4 is 11.6 Å². The number of benzene rings is 1. The summed E-state index contributed by atoms with van der Waals surface area (Å²) in [5.41, 5.74) is 2.81. The van der Waals surface area contributed by atoms with Crippen LogP contribution in [0.15, 0.2) is 12.1 Å². The highest BCUT2D eigenvalue weighted by atomic mass is 16.6. The van der Waals surface area contributed by atoms with E-state index in [1.54, 1.807) is 16.8 Å². The van der Waals surface area contributed by atoms with Crippen LogP contribution >= 0.6 is 0 Å². The Morgan fingerprint density at radius 3 is 2.70 bits per heavy atom. The van der Waals surface area contributed by atoms with E-state index in [0.29, 0.717) is 41.7 Å². The van der Waals surface area contributed by atoms with Gasteiger partial charge in [0, 0.05) is 12.6 Å². The third-order valence-corrected chi connectivity index (χ3v) is 3.84. The lowest BCUT2D eigenvalue weighted by Crippen LogP contribution is -2.18. The minimum absolute atomic E-state index is 0.250. The third kappa shape index (κ3) is 2.69. The molecular formula is C16H19N3O4. The summed E-state index contributed by atoms with van der Waals surface area (Å²) in [7, 11) is 3.37. The summed E-state index contributed by atoms with van der Waals surface area (Å²) in [4.78, 5) is 12.6. The van der Waals surface area contributed by atoms with Gasteiger partial charge in [0.1, 0.15) is 13.2 Å². The van der Waals surface area contributed by atoms with Gasteiger partial charge in [-0.2, -0.15) is 5.10 Å². The molecular weight excluding hydrogens is 298 g/mol. The molecule has 0 saturated carbocycles. The summed E-state index contributed by atoms with van der Waals surface area (Å²) in [5, 5.41) is 7.19. The lowest BCUT2D eigenvalue weighted by atomic mass is 10.1. The van der Waals surface area contributed by atoms with Gasteiger partial charge in [0.25, 0.3) is 5.91 Å². The van der Waals surface area contributed by atoms with Gasteiger partial charge in [-0.1, -0.05) is 0 Å². The number of amides is 1. The topological polar surface area (TPSA) is 74.6 Å². The van der Waals surface area contributed by atoms with Crippen molar-refractivity contribution in [1.29, 1.82) is 0 Å². The van der Waals surface area contributed by atoms with Gasteiger partial charge in [0.05, 0.1) is 24.2 Å². The number of aromatic nitrogens is 2. The first-order valence-electron chi connectivity index (χ1n) is 7.30. The fraction of sp³-hybridized carbons (Fsp3) is 0.375. The fourth-order valence-corrected chi connectivity index (χ4v) is 2.54. The standard InChI is InChI=1S/C16H19N3O4/c1-9-14(10(2)19(3)18-9)17-16(20)11-7-12(21-4)15-13(8-11)22-5-6-23-15/h7-8H,5-6H2,1-4H3,(H,17,20). The summed E-state index contributed by atoms with van der Waals surface area (Å²) in [6.45, 7) is 4.66. The molecule has 122 valence electrons. The number of hydrogen-bond acceptors (Lipinski definition) is 5. The molecule has 0 atom stereocenters. The van der Waals surface area contributed by atoms with E-state index < -0.39 is 0 Å². The highest BCUT2D eigenvalue weighted by molar-refractivity contribution is 6.05. The second kappa shape index (κ2) is 5.83. The molecule has 7 heteroatoms. The van der Waals surface area contributed by atoms with Crippen LogP contribution in [0.4, 0.5) is 5.69 Å². The summed E-state index contributed by atoms with van der Waals surface area (Å²) in [6.07, 6.45) is 0. The third-order valence-electron chi connectivity index (χ3n) is 3.84. The molecule has 1 aliphatic heterocycles. The van der Waals surface area contributed by atoms with Gasteiger partial charge in [-0.3, -0.25) is 9.48 Å². The number of ether oxygens (including phenoxy) is 3. The van der Waals surface area contributed by atoms with Crippen molar-refractivity contribution in [3.8, 4) is 17.2 Å². The van der Waals surface area contributed by atoms with Crippen LogP contribution in [0, 0.1) is 13.8 Å². The molecule has 1 N–H and O–H groups in total. The minimum Gasteiger partial charge on any atom is -0.493 e. The predicted octanol–water partition coefficient (Wildman–Crippen LogP) is 2.07. The Labute approximate surface area is 134 Å². The molecule has 1 aromatic heterocycles. The van der Waals surface area contributed by atoms with E-state index in [1.807, 2.05) is 20.9 Å². The molecule has 0 spiro atoms. The summed E-state index contributed by atoms with van der Waals surface area (Å²) in [5.74, 6) is 1.27. The first-order chi connectivity index (χ1) is 11.0. The van der Waals surface area contributed by atoms with Crippen molar-refractivity contribution in [2.45, 2.75) is 13.8 Å². The van der Waals surface area contributed by atoms with Crippen LogP contribution < -0.4 is 19.5 Å². The van der Waals surface area contributed by atoms with Gasteiger partial charge in [0.15, 0.2) is 11.5 Å². The molecule has 23 heavy (non-hydrogen) atoms. The molecule has 1 aliphatic rings. The van der Waals surface area contributed by atoms with Crippen LogP contribution in [0.25, 0.3) is 0 Å². The molecule has 0 aliphatic carbocycles. The zero-order valence-electron chi connectivity index (χ0n) is 13.6. The van der Waals surface area contributed by atoms with E-state index in [2.05, 4.69) is 10.4 Å². The first-order valence-corrected chi connectivity index (χ1v) is 7.30. The zero-order valence-corrected chi connectivity index (χ0v) is 13.6. The summed E-state index contributed by atoms with van der Waals surface area (Å²) < 4.78 is 18.1. The Morgan fingerprint density at radius 2 is 2.04 bits per heavy atom. The van der Waals surface area contributed by atoms with Crippen LogP contribution in [0.5, 0.6) is 17.2 Å². The lowest BCUT2D eigenvalue weighted by molar-refractivity contribution is 0.102. The first kappa shape index (κ1) is 15.2. The Hall–Kier alpha value is -2.70. The van der Waals surface area contributed by atoms with Crippen molar-refractivity contribution in [2.24, 2.45) is 7.05 Å². The van der Waals surface area contributed by atoms with Crippen LogP contribution in [0.3, 0.4) is 0 Å². The number of methoxy groups -OCH3 is 1. The van der Waals surface area contributed by atoms with E-state index in [1.165, 1.54) is 7.11 Å². The average molecular weight is 317 g/mol. The molecule has 0 unspecified atom stereocenters. The highest BCUT2D eigenvalue weighted by Gasteiger charge is 2.22. The number of aryl methyl sites for hydroxylation is 2. The Balaban J connectivity index is 1.93. The molecule has 1 amide bonds. The minimum atomic E-state index is -0.250. The zero-order chi connectivity index (χ0) is 16.6. The van der Waals surface area contributed by atoms with Gasteiger partial charge < -0.3 is 19.5 Å². The molecule has 0 saturated heterocycles. The number of carbonyl (C=O) groups excluding carboxylic acids is 1. The van der Waals surface area contributed by atoms with E-state index in [0.717, 1.165) is 11.4 Å². The normalized spacial score (nSPS) is 12.9. The quantitative estimate of drug-likeness (QED) is 0.938. The van der Waals surface area contributed by atoms with Crippen molar-refractivity contribution in [2.75, 3.05) is 25.6 Å². The molecule has 1 aromatic carbocycles. The second-order valence-electron chi connectivity index (χ2n) is 5.33. The van der Waals surface area contributed by atoms with Crippen molar-refractivity contribution < 1.29 is 19.0 Å². The summed E-state index contributed by atoms with van der Waals surface area (Å²) in [6, 6.07) is 3.30. The highest BCUT2D eigenvalue weighted by Crippen LogP contribution is 2.40. The number of rotatable bonds is 3. The maximum absolute atomic E-state index is 12.6. The van der Waals surface area contributed by atoms with Gasteiger partial charge >= 0.3 is 0 Å². The summed E-state index contributed by atoms with van der Waals surface area (Å²) >= 11 is 0. The molecule has 7 nitrogen and oxygen atoms in total. The van der Waals surface area contributed by atoms with Crippen LogP contribution in [0.2, 0.25) is 0 Å².